The van der Waals surface area contributed by atoms with E-state index in [4.69, 9.17) is 18.4 Å². The molecule has 0 saturated carbocycles. The summed E-state index contributed by atoms with van der Waals surface area (Å²) in [6, 6.07) is 2.45. The van der Waals surface area contributed by atoms with E-state index in [1.54, 1.807) is 12.5 Å². The van der Waals surface area contributed by atoms with Gasteiger partial charge in [0.2, 0.25) is 0 Å². The average molecular weight is 483 g/mol. The zero-order valence-electron chi connectivity index (χ0n) is 18.1. The summed E-state index contributed by atoms with van der Waals surface area (Å²) < 4.78 is 42.4. The van der Waals surface area contributed by atoms with Gasteiger partial charge in [0, 0.05) is 54.3 Å². The molecule has 0 aliphatic rings. The Labute approximate surface area is 189 Å². The van der Waals surface area contributed by atoms with E-state index in [2.05, 4.69) is 6.92 Å². The highest BCUT2D eigenvalue weighted by molar-refractivity contribution is 7.94. The molecule has 174 valence electrons. The first-order valence-electron chi connectivity index (χ1n) is 10.3. The molecule has 0 saturated heterocycles. The van der Waals surface area contributed by atoms with Crippen LogP contribution in [0.1, 0.15) is 76.7 Å². The fourth-order valence-corrected chi connectivity index (χ4v) is 3.86. The number of hydrogen-bond donors (Lipinski definition) is 1. The fraction of sp³-hybridized carbons (Fsp3) is 0.700. The second-order valence-electron chi connectivity index (χ2n) is 6.94. The van der Waals surface area contributed by atoms with Gasteiger partial charge in [0.15, 0.2) is 11.5 Å². The van der Waals surface area contributed by atoms with Crippen molar-refractivity contribution in [2.45, 2.75) is 82.4 Å². The minimum absolute atomic E-state index is 0.176. The van der Waals surface area contributed by atoms with Gasteiger partial charge >= 0.3 is 0 Å². The lowest BCUT2D eigenvalue weighted by molar-refractivity contribution is -0.0871. The van der Waals surface area contributed by atoms with Crippen LogP contribution in [0.3, 0.4) is 0 Å². The third-order valence-corrected chi connectivity index (χ3v) is 5.84. The molecule has 1 aromatic rings. The fourth-order valence-electron chi connectivity index (χ4n) is 3.07. The Hall–Kier alpha value is -0.650. The minimum atomic E-state index is -4.44. The molecule has 0 unspecified atom stereocenters. The molecule has 0 radical (unpaired) electrons. The Balaban J connectivity index is 2.70. The molecule has 0 aromatic heterocycles. The highest BCUT2D eigenvalue weighted by Gasteiger charge is 2.21. The lowest BCUT2D eigenvalue weighted by atomic mass is 10.0. The summed E-state index contributed by atoms with van der Waals surface area (Å²) in [5.41, 5.74) is 0.630. The average Bonchev–Trinajstić information content (AvgIpc) is 2.71. The van der Waals surface area contributed by atoms with Gasteiger partial charge in [0.1, 0.15) is 4.90 Å². The second kappa shape index (κ2) is 16.0. The predicted molar refractivity (Wildman–Crippen MR) is 122 cm³/mol. The first-order valence-corrected chi connectivity index (χ1v) is 14.1. The molecule has 1 N–H and O–H groups in total. The van der Waals surface area contributed by atoms with Crippen LogP contribution < -0.4 is 9.78 Å². The first-order chi connectivity index (χ1) is 14.4. The highest BCUT2D eigenvalue weighted by Crippen LogP contribution is 2.35. The van der Waals surface area contributed by atoms with Gasteiger partial charge in [-0.3, -0.25) is 4.55 Å². The Morgan fingerprint density at radius 2 is 1.23 bits per heavy atom. The summed E-state index contributed by atoms with van der Waals surface area (Å²) in [6.45, 7) is 2.23. The largest absolute Gasteiger partial charge is 0.325 e. The van der Waals surface area contributed by atoms with Gasteiger partial charge in [-0.1, -0.05) is 64.7 Å². The van der Waals surface area contributed by atoms with E-state index < -0.39 is 10.1 Å². The lowest BCUT2D eigenvalue weighted by Crippen LogP contribution is -2.05. The molecular formula is C20H34O7S3. The van der Waals surface area contributed by atoms with Crippen molar-refractivity contribution < 1.29 is 31.4 Å². The van der Waals surface area contributed by atoms with Crippen LogP contribution in [0.5, 0.6) is 11.5 Å². The van der Waals surface area contributed by atoms with Crippen molar-refractivity contribution in [3.63, 3.8) is 0 Å². The van der Waals surface area contributed by atoms with Crippen molar-refractivity contribution in [1.29, 1.82) is 0 Å². The van der Waals surface area contributed by atoms with Crippen molar-refractivity contribution in [3.8, 4) is 11.5 Å². The zero-order valence-corrected chi connectivity index (χ0v) is 20.5. The van der Waals surface area contributed by atoms with Gasteiger partial charge in [-0.2, -0.15) is 8.42 Å². The van der Waals surface area contributed by atoms with Gasteiger partial charge in [0.05, 0.1) is 0 Å². The van der Waals surface area contributed by atoms with E-state index in [-0.39, 0.29) is 16.4 Å². The van der Waals surface area contributed by atoms with E-state index in [1.807, 2.05) is 0 Å². The molecule has 30 heavy (non-hydrogen) atoms. The highest BCUT2D eigenvalue weighted by atomic mass is 32.2. The van der Waals surface area contributed by atoms with E-state index in [1.165, 1.54) is 57.1 Å². The van der Waals surface area contributed by atoms with Crippen molar-refractivity contribution in [1.82, 2.24) is 0 Å². The molecule has 7 nitrogen and oxygen atoms in total. The summed E-state index contributed by atoms with van der Waals surface area (Å²) >= 11 is 1.95. The van der Waals surface area contributed by atoms with Crippen molar-refractivity contribution in [2.24, 2.45) is 0 Å². The van der Waals surface area contributed by atoms with Crippen LogP contribution in [0.15, 0.2) is 17.0 Å². The monoisotopic (exact) mass is 482 g/mol. The SMILES string of the molecule is CCCCCCCCCCCCc1c(OOSC)cc(S(=O)(=O)O)cc1OOSC. The second-order valence-corrected chi connectivity index (χ2v) is 9.30. The zero-order chi connectivity index (χ0) is 22.2. The third-order valence-electron chi connectivity index (χ3n) is 4.60. The predicted octanol–water partition coefficient (Wildman–Crippen LogP) is 6.57. The third kappa shape index (κ3) is 11.1. The van der Waals surface area contributed by atoms with Crippen molar-refractivity contribution in [2.75, 3.05) is 12.5 Å². The molecule has 0 spiro atoms. The number of benzene rings is 1. The standard InChI is InChI=1S/C20H34O7S3/c1-4-5-6-7-8-9-10-11-12-13-14-18-19(24-26-28-2)15-17(30(21,22)23)16-20(18)25-27-29-3/h15-16H,4-14H2,1-3H3,(H,21,22,23). The summed E-state index contributed by atoms with van der Waals surface area (Å²) in [6.07, 6.45) is 16.0. The summed E-state index contributed by atoms with van der Waals surface area (Å²) in [5.74, 6) is 0.352. The molecule has 0 atom stereocenters. The van der Waals surface area contributed by atoms with Crippen LogP contribution in [0.4, 0.5) is 0 Å². The van der Waals surface area contributed by atoms with Gasteiger partial charge in [-0.05, 0) is 12.8 Å². The van der Waals surface area contributed by atoms with Crippen LogP contribution >= 0.6 is 24.1 Å². The van der Waals surface area contributed by atoms with Gasteiger partial charge in [-0.15, -0.1) is 8.67 Å². The summed E-state index contributed by atoms with van der Waals surface area (Å²) in [7, 11) is -4.44. The molecule has 0 amide bonds. The molecule has 0 fully saturated rings. The van der Waals surface area contributed by atoms with Crippen LogP contribution in [-0.2, 0) is 25.2 Å². The van der Waals surface area contributed by atoms with Crippen molar-refractivity contribution in [3.05, 3.63) is 17.7 Å². The lowest BCUT2D eigenvalue weighted by Gasteiger charge is -2.14. The van der Waals surface area contributed by atoms with E-state index in [9.17, 15) is 13.0 Å². The van der Waals surface area contributed by atoms with E-state index >= 15 is 0 Å². The van der Waals surface area contributed by atoms with Gasteiger partial charge < -0.3 is 9.78 Å². The van der Waals surface area contributed by atoms with Crippen LogP contribution in [0, 0.1) is 0 Å². The van der Waals surface area contributed by atoms with Crippen LogP contribution in [-0.4, -0.2) is 25.5 Å². The van der Waals surface area contributed by atoms with Gasteiger partial charge in [0.25, 0.3) is 10.1 Å². The maximum Gasteiger partial charge on any atom is 0.294 e. The Morgan fingerprint density at radius 3 is 1.63 bits per heavy atom. The Kier molecular flexibility index (Phi) is 14.6. The van der Waals surface area contributed by atoms with E-state index in [0.29, 0.717) is 12.0 Å². The Bertz CT molecular complexity index is 667. The molecule has 10 heteroatoms. The summed E-state index contributed by atoms with van der Waals surface area (Å²) in [4.78, 5) is 10.1. The van der Waals surface area contributed by atoms with Crippen LogP contribution in [0.2, 0.25) is 0 Å². The maximum absolute atomic E-state index is 11.6. The quantitative estimate of drug-likeness (QED) is 0.0819. The Morgan fingerprint density at radius 1 is 0.800 bits per heavy atom. The number of unbranched alkanes of at least 4 members (excludes halogenated alkanes) is 9. The molecule has 0 aliphatic heterocycles. The molecule has 0 aliphatic carbocycles. The number of rotatable bonds is 18. The molecule has 1 rings (SSSR count). The molecule has 0 bridgehead atoms. The van der Waals surface area contributed by atoms with Crippen LogP contribution in [0.25, 0.3) is 0 Å². The normalized spacial score (nSPS) is 11.6. The molecule has 1 aromatic carbocycles. The van der Waals surface area contributed by atoms with Crippen molar-refractivity contribution >= 4 is 34.2 Å². The first kappa shape index (κ1) is 27.4. The van der Waals surface area contributed by atoms with Gasteiger partial charge in [-0.25, -0.2) is 0 Å². The molecule has 0 heterocycles. The minimum Gasteiger partial charge on any atom is -0.325 e. The maximum atomic E-state index is 11.6. The molecular weight excluding hydrogens is 448 g/mol. The summed E-state index contributed by atoms with van der Waals surface area (Å²) in [5, 5.41) is 0. The smallest absolute Gasteiger partial charge is 0.294 e. The number of hydrogen-bond acceptors (Lipinski definition) is 8. The van der Waals surface area contributed by atoms with E-state index in [0.717, 1.165) is 43.3 Å². The topological polar surface area (TPSA) is 91.3 Å².